The summed E-state index contributed by atoms with van der Waals surface area (Å²) in [6.45, 7) is 10.2. The smallest absolute Gasteiger partial charge is 0.316 e. The summed E-state index contributed by atoms with van der Waals surface area (Å²) in [6.07, 6.45) is 5.55. The number of fused-ring (bicyclic) bond motifs is 1. The van der Waals surface area contributed by atoms with E-state index in [9.17, 15) is 28.8 Å². The number of nitrogens with two attached hydrogens (primary N) is 1. The van der Waals surface area contributed by atoms with E-state index in [0.717, 1.165) is 37.7 Å². The molecule has 1 heterocycles. The number of carbonyl (C=O) groups excluding carboxylic acids is 6. The third kappa shape index (κ3) is 7.91. The minimum atomic E-state index is -1.15. The van der Waals surface area contributed by atoms with Gasteiger partial charge in [-0.3, -0.25) is 24.0 Å². The first-order valence-corrected chi connectivity index (χ1v) is 17.9. The number of likely N-dealkylation sites (tertiary alicyclic amines) is 1. The van der Waals surface area contributed by atoms with Gasteiger partial charge in [0.1, 0.15) is 23.4 Å². The molecule has 0 radical (unpaired) electrons. The highest BCUT2D eigenvalue weighted by atomic mass is 16.5. The van der Waals surface area contributed by atoms with Crippen LogP contribution in [0.1, 0.15) is 91.5 Å². The number of rotatable bonds is 13. The highest BCUT2D eigenvalue weighted by Gasteiger charge is 2.70. The SMILES string of the molecule is COc1ccc(CNC(=O)C2(NC(=O)N[C@H](C(=O)N3C[C@H]4[C@@H]([C@H]3C(=O)NC(CC3CC3)C(=O)C(N)=O)C4(C)C)C(C)(C)C)CCCCC2)cc1. The maximum atomic E-state index is 14.4. The Hall–Kier alpha value is -4.16. The molecule has 3 saturated carbocycles. The molecule has 3 aliphatic carbocycles. The summed E-state index contributed by atoms with van der Waals surface area (Å²) < 4.78 is 5.22. The number of primary amides is 1. The van der Waals surface area contributed by atoms with Crippen LogP contribution in [-0.2, 0) is 30.5 Å². The van der Waals surface area contributed by atoms with E-state index in [2.05, 4.69) is 35.1 Å². The van der Waals surface area contributed by atoms with Crippen LogP contribution in [0.15, 0.2) is 24.3 Å². The Morgan fingerprint density at radius 2 is 1.62 bits per heavy atom. The Kier molecular flexibility index (Phi) is 10.6. The van der Waals surface area contributed by atoms with E-state index in [-0.39, 0.29) is 35.6 Å². The van der Waals surface area contributed by atoms with Crippen molar-refractivity contribution in [1.29, 1.82) is 0 Å². The fraction of sp³-hybridized carbons (Fsp3) is 0.676. The number of nitrogens with zero attached hydrogens (tertiary/aromatic N) is 1. The number of ether oxygens (including phenoxy) is 1. The van der Waals surface area contributed by atoms with Gasteiger partial charge in [-0.2, -0.15) is 0 Å². The fourth-order valence-corrected chi connectivity index (χ4v) is 8.02. The second-order valence-electron chi connectivity index (χ2n) is 16.4. The standard InChI is InChI=1S/C37H54N6O7/c1-35(2,3)29(41-34(49)42-37(16-8-7-9-17-37)33(48)39-19-22-12-14-23(50-6)15-13-22)32(47)43-20-24-26(36(24,4)5)27(43)31(46)40-25(18-21-10-11-21)28(44)30(38)45/h12-15,21,24-27,29H,7-11,16-20H2,1-6H3,(H2,38,45)(H,39,48)(H,40,46)(H2,41,42,49)/t24-,25?,26-,27-,29+/m0/s1. The lowest BCUT2D eigenvalue weighted by atomic mass is 9.80. The van der Waals surface area contributed by atoms with Gasteiger partial charge in [-0.25, -0.2) is 4.79 Å². The van der Waals surface area contributed by atoms with Crippen LogP contribution in [0.5, 0.6) is 5.75 Å². The number of piperidine rings is 1. The number of hydrogen-bond acceptors (Lipinski definition) is 7. The summed E-state index contributed by atoms with van der Waals surface area (Å²) in [5, 5.41) is 11.6. The molecule has 13 nitrogen and oxygen atoms in total. The molecule has 6 amide bonds. The van der Waals surface area contributed by atoms with Gasteiger partial charge in [0.2, 0.25) is 23.5 Å². The maximum absolute atomic E-state index is 14.4. The molecular weight excluding hydrogens is 640 g/mol. The molecule has 4 fully saturated rings. The third-order valence-corrected chi connectivity index (χ3v) is 11.4. The number of nitrogens with one attached hydrogen (secondary N) is 4. The van der Waals surface area contributed by atoms with Crippen LogP contribution in [0.25, 0.3) is 0 Å². The molecule has 1 aromatic rings. The predicted octanol–water partition coefficient (Wildman–Crippen LogP) is 2.55. The molecule has 4 aliphatic rings. The molecule has 50 heavy (non-hydrogen) atoms. The van der Waals surface area contributed by atoms with Crippen molar-refractivity contribution in [2.75, 3.05) is 13.7 Å². The van der Waals surface area contributed by atoms with Crippen LogP contribution in [0.3, 0.4) is 0 Å². The first-order valence-electron chi connectivity index (χ1n) is 17.9. The zero-order valence-electron chi connectivity index (χ0n) is 30.2. The van der Waals surface area contributed by atoms with Crippen molar-refractivity contribution in [1.82, 2.24) is 26.2 Å². The second kappa shape index (κ2) is 14.2. The largest absolute Gasteiger partial charge is 0.497 e. The number of hydrogen-bond donors (Lipinski definition) is 5. The van der Waals surface area contributed by atoms with E-state index in [1.54, 1.807) is 7.11 Å². The molecule has 0 spiro atoms. The fourth-order valence-electron chi connectivity index (χ4n) is 8.02. The van der Waals surface area contributed by atoms with Crippen molar-refractivity contribution >= 4 is 35.4 Å². The Balaban J connectivity index is 1.30. The molecule has 1 unspecified atom stereocenters. The summed E-state index contributed by atoms with van der Waals surface area (Å²) in [5.41, 5.74) is 4.10. The van der Waals surface area contributed by atoms with Gasteiger partial charge in [0.25, 0.3) is 5.91 Å². The van der Waals surface area contributed by atoms with Crippen molar-refractivity contribution in [2.45, 2.75) is 116 Å². The van der Waals surface area contributed by atoms with Crippen molar-refractivity contribution in [3.05, 3.63) is 29.8 Å². The minimum Gasteiger partial charge on any atom is -0.497 e. The number of ketones is 1. The summed E-state index contributed by atoms with van der Waals surface area (Å²) in [4.78, 5) is 81.8. The molecule has 6 N–H and O–H groups in total. The van der Waals surface area contributed by atoms with Crippen LogP contribution < -0.4 is 31.7 Å². The van der Waals surface area contributed by atoms with Gasteiger partial charge in [-0.05, 0) is 65.5 Å². The molecule has 274 valence electrons. The lowest BCUT2D eigenvalue weighted by Crippen LogP contribution is -2.65. The molecule has 5 atom stereocenters. The summed E-state index contributed by atoms with van der Waals surface area (Å²) in [7, 11) is 1.59. The van der Waals surface area contributed by atoms with Crippen molar-refractivity contribution in [3.63, 3.8) is 0 Å². The maximum Gasteiger partial charge on any atom is 0.316 e. The molecule has 13 heteroatoms. The Morgan fingerprint density at radius 3 is 2.18 bits per heavy atom. The van der Waals surface area contributed by atoms with E-state index < -0.39 is 58.6 Å². The lowest BCUT2D eigenvalue weighted by Gasteiger charge is -2.40. The van der Waals surface area contributed by atoms with Gasteiger partial charge in [-0.15, -0.1) is 0 Å². The minimum absolute atomic E-state index is 0.0604. The van der Waals surface area contributed by atoms with Crippen LogP contribution >= 0.6 is 0 Å². The second-order valence-corrected chi connectivity index (χ2v) is 16.4. The highest BCUT2D eigenvalue weighted by molar-refractivity contribution is 6.37. The Labute approximate surface area is 294 Å². The monoisotopic (exact) mass is 694 g/mol. The van der Waals surface area contributed by atoms with Crippen molar-refractivity contribution < 1.29 is 33.5 Å². The van der Waals surface area contributed by atoms with Gasteiger partial charge < -0.3 is 36.6 Å². The Bertz CT molecular complexity index is 1490. The number of urea groups is 1. The van der Waals surface area contributed by atoms with E-state index in [1.165, 1.54) is 4.90 Å². The van der Waals surface area contributed by atoms with Gasteiger partial charge in [0.05, 0.1) is 13.2 Å². The quantitative estimate of drug-likeness (QED) is 0.196. The zero-order valence-corrected chi connectivity index (χ0v) is 30.2. The summed E-state index contributed by atoms with van der Waals surface area (Å²) in [5.74, 6) is -2.29. The number of Topliss-reactive ketones (excluding diaryl/α,β-unsaturated/α-hetero) is 1. The zero-order chi connectivity index (χ0) is 36.6. The average molecular weight is 695 g/mol. The van der Waals surface area contributed by atoms with Gasteiger partial charge in [-0.1, -0.05) is 78.9 Å². The van der Waals surface area contributed by atoms with Crippen LogP contribution in [-0.4, -0.2) is 77.7 Å². The van der Waals surface area contributed by atoms with E-state index in [1.807, 2.05) is 45.0 Å². The normalized spacial score (nSPS) is 24.5. The molecule has 5 rings (SSSR count). The van der Waals surface area contributed by atoms with Crippen molar-refractivity contribution in [3.8, 4) is 5.75 Å². The first kappa shape index (κ1) is 37.1. The average Bonchev–Trinajstić information content (AvgIpc) is 3.92. The molecular formula is C37H54N6O7. The number of benzene rings is 1. The number of amides is 6. The van der Waals surface area contributed by atoms with Crippen molar-refractivity contribution in [2.24, 2.45) is 34.3 Å². The van der Waals surface area contributed by atoms with Gasteiger partial charge in [0.15, 0.2) is 0 Å². The van der Waals surface area contributed by atoms with Gasteiger partial charge in [0, 0.05) is 13.1 Å². The number of carbonyl (C=O) groups is 6. The third-order valence-electron chi connectivity index (χ3n) is 11.4. The molecule has 0 bridgehead atoms. The highest BCUT2D eigenvalue weighted by Crippen LogP contribution is 2.65. The molecule has 1 saturated heterocycles. The predicted molar refractivity (Wildman–Crippen MR) is 185 cm³/mol. The van der Waals surface area contributed by atoms with E-state index in [0.29, 0.717) is 31.6 Å². The molecule has 0 aromatic heterocycles. The van der Waals surface area contributed by atoms with E-state index in [4.69, 9.17) is 10.5 Å². The Morgan fingerprint density at radius 1 is 0.980 bits per heavy atom. The van der Waals surface area contributed by atoms with Gasteiger partial charge >= 0.3 is 6.03 Å². The number of methoxy groups -OCH3 is 1. The molecule has 1 aliphatic heterocycles. The van der Waals surface area contributed by atoms with Crippen LogP contribution in [0, 0.1) is 28.6 Å². The van der Waals surface area contributed by atoms with Crippen LogP contribution in [0.4, 0.5) is 4.79 Å². The van der Waals surface area contributed by atoms with E-state index >= 15 is 0 Å². The molecule has 1 aromatic carbocycles. The summed E-state index contributed by atoms with van der Waals surface area (Å²) in [6, 6.07) is 3.78. The summed E-state index contributed by atoms with van der Waals surface area (Å²) >= 11 is 0. The first-order chi connectivity index (χ1) is 23.5. The lowest BCUT2D eigenvalue weighted by molar-refractivity contribution is -0.145. The topological polar surface area (TPSA) is 189 Å². The van der Waals surface area contributed by atoms with Crippen LogP contribution in [0.2, 0.25) is 0 Å².